The fraction of sp³-hybridized carbons (Fsp3) is 0.615. The number of carbonyl (C=O) groups is 2. The van der Waals surface area contributed by atoms with Gasteiger partial charge in [0.15, 0.2) is 5.69 Å². The highest BCUT2D eigenvalue weighted by Crippen LogP contribution is 2.10. The molecule has 0 aromatic carbocycles. The fourth-order valence-electron chi connectivity index (χ4n) is 1.36. The van der Waals surface area contributed by atoms with Gasteiger partial charge in [0.1, 0.15) is 0 Å². The molecule has 0 aliphatic heterocycles. The van der Waals surface area contributed by atoms with Crippen LogP contribution in [-0.2, 0) is 6.42 Å². The van der Waals surface area contributed by atoms with Crippen molar-refractivity contribution in [2.75, 3.05) is 13.1 Å². The van der Waals surface area contributed by atoms with E-state index in [2.05, 4.69) is 36.4 Å². The lowest BCUT2D eigenvalue weighted by Gasteiger charge is -2.16. The van der Waals surface area contributed by atoms with E-state index >= 15 is 0 Å². The molecule has 3 N–H and O–H groups in total. The molecule has 0 radical (unpaired) electrons. The molecule has 7 heteroatoms. The van der Waals surface area contributed by atoms with Crippen molar-refractivity contribution in [1.29, 1.82) is 0 Å². The van der Waals surface area contributed by atoms with Gasteiger partial charge in [0.25, 0.3) is 0 Å². The van der Waals surface area contributed by atoms with Crippen LogP contribution in [0.3, 0.4) is 0 Å². The van der Waals surface area contributed by atoms with Crippen molar-refractivity contribution >= 4 is 23.3 Å². The SMILES string of the molecule is CC(C)C(C)CNC(=O)NCCc1nc(C(=O)O)cs1. The summed E-state index contributed by atoms with van der Waals surface area (Å²) in [6.45, 7) is 7.41. The average Bonchev–Trinajstić information content (AvgIpc) is 2.84. The first-order valence-corrected chi connectivity index (χ1v) is 7.47. The molecule has 2 amide bonds. The second kappa shape index (κ2) is 7.84. The van der Waals surface area contributed by atoms with E-state index in [-0.39, 0.29) is 11.7 Å². The van der Waals surface area contributed by atoms with Crippen molar-refractivity contribution < 1.29 is 14.7 Å². The van der Waals surface area contributed by atoms with Gasteiger partial charge in [-0.2, -0.15) is 0 Å². The number of nitrogens with zero attached hydrogens (tertiary/aromatic N) is 1. The first-order valence-electron chi connectivity index (χ1n) is 6.59. The number of carboxylic acids is 1. The molecule has 0 saturated heterocycles. The summed E-state index contributed by atoms with van der Waals surface area (Å²) in [5.41, 5.74) is 0.0557. The molecule has 0 bridgehead atoms. The minimum Gasteiger partial charge on any atom is -0.476 e. The Hall–Kier alpha value is -1.63. The Balaban J connectivity index is 2.23. The number of amides is 2. The first kappa shape index (κ1) is 16.4. The van der Waals surface area contributed by atoms with Crippen molar-refractivity contribution in [2.24, 2.45) is 11.8 Å². The number of carboxylic acid groups (broad SMARTS) is 1. The van der Waals surface area contributed by atoms with E-state index < -0.39 is 5.97 Å². The van der Waals surface area contributed by atoms with Crippen LogP contribution in [0.4, 0.5) is 4.79 Å². The molecule has 0 fully saturated rings. The summed E-state index contributed by atoms with van der Waals surface area (Å²) >= 11 is 1.29. The Morgan fingerprint density at radius 1 is 1.35 bits per heavy atom. The Morgan fingerprint density at radius 3 is 2.60 bits per heavy atom. The zero-order valence-electron chi connectivity index (χ0n) is 12.0. The number of hydrogen-bond donors (Lipinski definition) is 3. The topological polar surface area (TPSA) is 91.3 Å². The molecule has 1 aromatic heterocycles. The first-order chi connectivity index (χ1) is 9.40. The second-order valence-electron chi connectivity index (χ2n) is 5.04. The summed E-state index contributed by atoms with van der Waals surface area (Å²) in [7, 11) is 0. The van der Waals surface area contributed by atoms with Gasteiger partial charge in [-0.3, -0.25) is 0 Å². The van der Waals surface area contributed by atoms with Gasteiger partial charge in [-0.15, -0.1) is 11.3 Å². The van der Waals surface area contributed by atoms with E-state index in [1.54, 1.807) is 0 Å². The van der Waals surface area contributed by atoms with Gasteiger partial charge < -0.3 is 15.7 Å². The smallest absolute Gasteiger partial charge is 0.355 e. The highest BCUT2D eigenvalue weighted by molar-refractivity contribution is 7.09. The van der Waals surface area contributed by atoms with E-state index in [1.807, 2.05) is 0 Å². The molecule has 1 rings (SSSR count). The molecule has 1 aromatic rings. The van der Waals surface area contributed by atoms with Gasteiger partial charge >= 0.3 is 12.0 Å². The molecular formula is C13H21N3O3S. The van der Waals surface area contributed by atoms with Crippen LogP contribution in [0.5, 0.6) is 0 Å². The third kappa shape index (κ3) is 5.56. The Labute approximate surface area is 122 Å². The molecule has 112 valence electrons. The summed E-state index contributed by atoms with van der Waals surface area (Å²) in [5, 5.41) is 16.5. The Bertz CT molecular complexity index is 459. The lowest BCUT2D eigenvalue weighted by atomic mass is 9.98. The number of urea groups is 1. The molecule has 0 aliphatic rings. The van der Waals surface area contributed by atoms with Crippen LogP contribution in [0.1, 0.15) is 36.3 Å². The monoisotopic (exact) mass is 299 g/mol. The van der Waals surface area contributed by atoms with Gasteiger partial charge in [-0.1, -0.05) is 20.8 Å². The number of aromatic nitrogens is 1. The third-order valence-electron chi connectivity index (χ3n) is 3.12. The largest absolute Gasteiger partial charge is 0.476 e. The summed E-state index contributed by atoms with van der Waals surface area (Å²) in [4.78, 5) is 26.2. The van der Waals surface area contributed by atoms with Crippen LogP contribution in [0.25, 0.3) is 0 Å². The van der Waals surface area contributed by atoms with E-state index in [0.29, 0.717) is 36.4 Å². The average molecular weight is 299 g/mol. The van der Waals surface area contributed by atoms with Crippen LogP contribution in [0, 0.1) is 11.8 Å². The molecular weight excluding hydrogens is 278 g/mol. The lowest BCUT2D eigenvalue weighted by molar-refractivity contribution is 0.0691. The van der Waals surface area contributed by atoms with Crippen LogP contribution in [0.15, 0.2) is 5.38 Å². The van der Waals surface area contributed by atoms with Gasteiger partial charge in [-0.05, 0) is 11.8 Å². The van der Waals surface area contributed by atoms with Crippen molar-refractivity contribution in [2.45, 2.75) is 27.2 Å². The molecule has 0 spiro atoms. The van der Waals surface area contributed by atoms with Gasteiger partial charge in [-0.25, -0.2) is 14.6 Å². The summed E-state index contributed by atoms with van der Waals surface area (Å²) in [6, 6.07) is -0.201. The number of nitrogens with one attached hydrogen (secondary N) is 2. The fourth-order valence-corrected chi connectivity index (χ4v) is 2.13. The maximum atomic E-state index is 11.5. The molecule has 1 unspecified atom stereocenters. The van der Waals surface area contributed by atoms with Gasteiger partial charge in [0.05, 0.1) is 5.01 Å². The van der Waals surface area contributed by atoms with E-state index in [0.717, 1.165) is 0 Å². The molecule has 1 atom stereocenters. The van der Waals surface area contributed by atoms with Crippen LogP contribution >= 0.6 is 11.3 Å². The highest BCUT2D eigenvalue weighted by atomic mass is 32.1. The van der Waals surface area contributed by atoms with Crippen molar-refractivity contribution in [1.82, 2.24) is 15.6 Å². The molecule has 0 saturated carbocycles. The minimum atomic E-state index is -1.03. The third-order valence-corrected chi connectivity index (χ3v) is 4.03. The van der Waals surface area contributed by atoms with Crippen molar-refractivity contribution in [3.63, 3.8) is 0 Å². The van der Waals surface area contributed by atoms with E-state index in [9.17, 15) is 9.59 Å². The second-order valence-corrected chi connectivity index (χ2v) is 5.98. The van der Waals surface area contributed by atoms with Crippen molar-refractivity contribution in [3.05, 3.63) is 16.1 Å². The van der Waals surface area contributed by atoms with Crippen LogP contribution in [-0.4, -0.2) is 35.2 Å². The Morgan fingerprint density at radius 2 is 2.05 bits per heavy atom. The standard InChI is InChI=1S/C13H21N3O3S/c1-8(2)9(3)6-15-13(19)14-5-4-11-16-10(7-20-11)12(17)18/h7-9H,4-6H2,1-3H3,(H,17,18)(H2,14,15,19). The molecule has 0 aliphatic carbocycles. The van der Waals surface area contributed by atoms with E-state index in [1.165, 1.54) is 16.7 Å². The number of rotatable bonds is 7. The number of hydrogen-bond acceptors (Lipinski definition) is 4. The summed E-state index contributed by atoms with van der Waals surface area (Å²) < 4.78 is 0. The Kier molecular flexibility index (Phi) is 6.44. The van der Waals surface area contributed by atoms with Gasteiger partial charge in [0.2, 0.25) is 0 Å². The zero-order chi connectivity index (χ0) is 15.1. The molecule has 1 heterocycles. The number of aromatic carboxylic acids is 1. The van der Waals surface area contributed by atoms with Crippen LogP contribution < -0.4 is 10.6 Å². The maximum Gasteiger partial charge on any atom is 0.355 e. The van der Waals surface area contributed by atoms with Gasteiger partial charge in [0, 0.05) is 24.9 Å². The summed E-state index contributed by atoms with van der Waals surface area (Å²) in [5.74, 6) is -0.0706. The quantitative estimate of drug-likeness (QED) is 0.718. The molecule has 6 nitrogen and oxygen atoms in total. The maximum absolute atomic E-state index is 11.5. The predicted molar refractivity (Wildman–Crippen MR) is 78.2 cm³/mol. The van der Waals surface area contributed by atoms with Crippen molar-refractivity contribution in [3.8, 4) is 0 Å². The highest BCUT2D eigenvalue weighted by Gasteiger charge is 2.10. The lowest BCUT2D eigenvalue weighted by Crippen LogP contribution is -2.39. The summed E-state index contributed by atoms with van der Waals surface area (Å²) in [6.07, 6.45) is 0.533. The van der Waals surface area contributed by atoms with Crippen LogP contribution in [0.2, 0.25) is 0 Å². The predicted octanol–water partition coefficient (Wildman–Crippen LogP) is 1.98. The normalized spacial score (nSPS) is 12.2. The zero-order valence-corrected chi connectivity index (χ0v) is 12.8. The number of carbonyl (C=O) groups excluding carboxylic acids is 1. The minimum absolute atomic E-state index is 0.0557. The van der Waals surface area contributed by atoms with E-state index in [4.69, 9.17) is 5.11 Å². The number of thiazole rings is 1. The molecule has 20 heavy (non-hydrogen) atoms.